The zero-order valence-corrected chi connectivity index (χ0v) is 12.8. The molecule has 0 aliphatic rings. The van der Waals surface area contributed by atoms with Crippen molar-refractivity contribution < 1.29 is 9.13 Å². The number of halogens is 1. The molecular weight excluding hydrogens is 265 g/mol. The molecule has 112 valence electrons. The van der Waals surface area contributed by atoms with Gasteiger partial charge in [-0.3, -0.25) is 0 Å². The van der Waals surface area contributed by atoms with Gasteiger partial charge in [0.25, 0.3) is 0 Å². The molecule has 1 N–H and O–H groups in total. The lowest BCUT2D eigenvalue weighted by molar-refractivity contribution is 0.312. The Morgan fingerprint density at radius 3 is 2.57 bits per heavy atom. The molecule has 0 saturated carbocycles. The molecule has 21 heavy (non-hydrogen) atoms. The van der Waals surface area contributed by atoms with Gasteiger partial charge in [0.1, 0.15) is 11.6 Å². The van der Waals surface area contributed by atoms with Crippen molar-refractivity contribution in [3.05, 3.63) is 65.0 Å². The maximum absolute atomic E-state index is 14.3. The number of ether oxygens (including phenoxy) is 1. The average Bonchev–Trinajstić information content (AvgIpc) is 2.49. The molecule has 0 radical (unpaired) electrons. The Bertz CT molecular complexity index is 598. The molecule has 0 bridgehead atoms. The standard InChI is InChI=1S/C18H22FNO/c1-4-11-21-17-8-6-5-7-15(17)18(20-3)14-10-9-13(2)12-16(14)19/h5-10,12,18,20H,4,11H2,1-3H3. The summed E-state index contributed by atoms with van der Waals surface area (Å²) in [5.74, 6) is 0.610. The fraction of sp³-hybridized carbons (Fsp3) is 0.333. The Hall–Kier alpha value is -1.87. The van der Waals surface area contributed by atoms with Gasteiger partial charge in [0, 0.05) is 11.1 Å². The van der Waals surface area contributed by atoms with E-state index in [1.807, 2.05) is 50.4 Å². The van der Waals surface area contributed by atoms with Crippen LogP contribution in [0.1, 0.15) is 36.1 Å². The van der Waals surface area contributed by atoms with Crippen LogP contribution in [0.25, 0.3) is 0 Å². The summed E-state index contributed by atoms with van der Waals surface area (Å²) < 4.78 is 20.1. The summed E-state index contributed by atoms with van der Waals surface area (Å²) >= 11 is 0. The third-order valence-corrected chi connectivity index (χ3v) is 3.45. The van der Waals surface area contributed by atoms with Crippen LogP contribution in [0.5, 0.6) is 5.75 Å². The Morgan fingerprint density at radius 1 is 1.14 bits per heavy atom. The van der Waals surface area contributed by atoms with E-state index in [-0.39, 0.29) is 11.9 Å². The Balaban J connectivity index is 2.41. The second-order valence-corrected chi connectivity index (χ2v) is 5.13. The van der Waals surface area contributed by atoms with Crippen LogP contribution in [0.4, 0.5) is 4.39 Å². The lowest BCUT2D eigenvalue weighted by Gasteiger charge is -2.21. The number of aryl methyl sites for hydroxylation is 1. The SMILES string of the molecule is CCCOc1ccccc1C(NC)c1ccc(C)cc1F. The highest BCUT2D eigenvalue weighted by atomic mass is 19.1. The lowest BCUT2D eigenvalue weighted by atomic mass is 9.96. The quantitative estimate of drug-likeness (QED) is 0.858. The van der Waals surface area contributed by atoms with Gasteiger partial charge in [0.15, 0.2) is 0 Å². The summed E-state index contributed by atoms with van der Waals surface area (Å²) in [4.78, 5) is 0. The van der Waals surface area contributed by atoms with E-state index in [9.17, 15) is 4.39 Å². The normalized spacial score (nSPS) is 12.2. The van der Waals surface area contributed by atoms with Crippen molar-refractivity contribution >= 4 is 0 Å². The van der Waals surface area contributed by atoms with Crippen LogP contribution in [-0.2, 0) is 0 Å². The summed E-state index contributed by atoms with van der Waals surface area (Å²) in [5.41, 5.74) is 2.51. The molecule has 0 aliphatic heterocycles. The molecule has 0 aliphatic carbocycles. The van der Waals surface area contributed by atoms with Gasteiger partial charge in [0.2, 0.25) is 0 Å². The van der Waals surface area contributed by atoms with E-state index in [0.29, 0.717) is 12.2 Å². The summed E-state index contributed by atoms with van der Waals surface area (Å²) in [7, 11) is 1.83. The van der Waals surface area contributed by atoms with Crippen molar-refractivity contribution in [3.8, 4) is 5.75 Å². The highest BCUT2D eigenvalue weighted by molar-refractivity contribution is 5.42. The maximum atomic E-state index is 14.3. The summed E-state index contributed by atoms with van der Waals surface area (Å²) in [6.07, 6.45) is 0.942. The molecule has 0 saturated heterocycles. The fourth-order valence-electron chi connectivity index (χ4n) is 2.41. The molecule has 2 rings (SSSR count). The van der Waals surface area contributed by atoms with Crippen LogP contribution in [0.15, 0.2) is 42.5 Å². The molecule has 2 nitrogen and oxygen atoms in total. The van der Waals surface area contributed by atoms with Crippen molar-refractivity contribution in [2.75, 3.05) is 13.7 Å². The highest BCUT2D eigenvalue weighted by Gasteiger charge is 2.19. The van der Waals surface area contributed by atoms with Crippen molar-refractivity contribution in [1.82, 2.24) is 5.32 Å². The number of hydrogen-bond acceptors (Lipinski definition) is 2. The van der Waals surface area contributed by atoms with Gasteiger partial charge in [-0.05, 0) is 38.1 Å². The van der Waals surface area contributed by atoms with Crippen LogP contribution in [0, 0.1) is 12.7 Å². The first-order valence-corrected chi connectivity index (χ1v) is 7.32. The highest BCUT2D eigenvalue weighted by Crippen LogP contribution is 2.31. The molecule has 2 aromatic rings. The third-order valence-electron chi connectivity index (χ3n) is 3.45. The van der Waals surface area contributed by atoms with Crippen LogP contribution in [-0.4, -0.2) is 13.7 Å². The minimum absolute atomic E-state index is 0.195. The van der Waals surface area contributed by atoms with E-state index in [1.54, 1.807) is 6.07 Å². The van der Waals surface area contributed by atoms with E-state index >= 15 is 0 Å². The minimum atomic E-state index is -0.223. The first-order chi connectivity index (χ1) is 10.2. The summed E-state index contributed by atoms with van der Waals surface area (Å²) in [6.45, 7) is 4.61. The van der Waals surface area contributed by atoms with E-state index in [0.717, 1.165) is 23.3 Å². The minimum Gasteiger partial charge on any atom is -0.493 e. The third kappa shape index (κ3) is 3.61. The lowest BCUT2D eigenvalue weighted by Crippen LogP contribution is -2.20. The van der Waals surface area contributed by atoms with E-state index in [2.05, 4.69) is 12.2 Å². The monoisotopic (exact) mass is 287 g/mol. The predicted octanol–water partition coefficient (Wildman–Crippen LogP) is 4.23. The van der Waals surface area contributed by atoms with E-state index < -0.39 is 0 Å². The van der Waals surface area contributed by atoms with Crippen molar-refractivity contribution in [3.63, 3.8) is 0 Å². The molecular formula is C18H22FNO. The topological polar surface area (TPSA) is 21.3 Å². The van der Waals surface area contributed by atoms with Crippen LogP contribution < -0.4 is 10.1 Å². The number of nitrogens with one attached hydrogen (secondary N) is 1. The zero-order valence-electron chi connectivity index (χ0n) is 12.8. The number of benzene rings is 2. The fourth-order valence-corrected chi connectivity index (χ4v) is 2.41. The van der Waals surface area contributed by atoms with Gasteiger partial charge >= 0.3 is 0 Å². The number of rotatable bonds is 6. The molecule has 1 atom stereocenters. The molecule has 1 unspecified atom stereocenters. The van der Waals surface area contributed by atoms with Gasteiger partial charge in [-0.15, -0.1) is 0 Å². The largest absolute Gasteiger partial charge is 0.493 e. The first-order valence-electron chi connectivity index (χ1n) is 7.32. The smallest absolute Gasteiger partial charge is 0.128 e. The van der Waals surface area contributed by atoms with Crippen molar-refractivity contribution in [1.29, 1.82) is 0 Å². The van der Waals surface area contributed by atoms with E-state index in [1.165, 1.54) is 0 Å². The number of para-hydroxylation sites is 1. The van der Waals surface area contributed by atoms with Gasteiger partial charge in [0.05, 0.1) is 12.6 Å². The van der Waals surface area contributed by atoms with Gasteiger partial charge in [-0.25, -0.2) is 4.39 Å². The predicted molar refractivity (Wildman–Crippen MR) is 84.3 cm³/mol. The van der Waals surface area contributed by atoms with Crippen molar-refractivity contribution in [2.45, 2.75) is 26.3 Å². The Labute approximate surface area is 126 Å². The second kappa shape index (κ2) is 7.23. The summed E-state index contributed by atoms with van der Waals surface area (Å²) in [6, 6.07) is 12.9. The Morgan fingerprint density at radius 2 is 1.90 bits per heavy atom. The number of hydrogen-bond donors (Lipinski definition) is 1. The average molecular weight is 287 g/mol. The molecule has 0 aromatic heterocycles. The first kappa shape index (κ1) is 15.5. The van der Waals surface area contributed by atoms with Crippen LogP contribution >= 0.6 is 0 Å². The molecule has 0 fully saturated rings. The second-order valence-electron chi connectivity index (χ2n) is 5.13. The summed E-state index contributed by atoms with van der Waals surface area (Å²) in [5, 5.41) is 3.19. The zero-order chi connectivity index (χ0) is 15.2. The maximum Gasteiger partial charge on any atom is 0.128 e. The van der Waals surface area contributed by atoms with Gasteiger partial charge in [-0.2, -0.15) is 0 Å². The van der Waals surface area contributed by atoms with Crippen LogP contribution in [0.3, 0.4) is 0 Å². The van der Waals surface area contributed by atoms with E-state index in [4.69, 9.17) is 4.74 Å². The van der Waals surface area contributed by atoms with Gasteiger partial charge < -0.3 is 10.1 Å². The molecule has 3 heteroatoms. The molecule has 0 spiro atoms. The molecule has 0 amide bonds. The van der Waals surface area contributed by atoms with Gasteiger partial charge in [-0.1, -0.05) is 37.3 Å². The molecule has 2 aromatic carbocycles. The van der Waals surface area contributed by atoms with Crippen molar-refractivity contribution in [2.24, 2.45) is 0 Å². The Kier molecular flexibility index (Phi) is 5.34. The van der Waals surface area contributed by atoms with Crippen LogP contribution in [0.2, 0.25) is 0 Å². The molecule has 0 heterocycles.